The number of nitrogens with one attached hydrogen (secondary N) is 2. The normalized spacial score (nSPS) is 22.9. The van der Waals surface area contributed by atoms with Crippen LogP contribution < -0.4 is 19.5 Å². The van der Waals surface area contributed by atoms with E-state index in [1.165, 1.54) is 18.1 Å². The minimum absolute atomic E-state index is 0.0520. The van der Waals surface area contributed by atoms with Gasteiger partial charge in [-0.15, -0.1) is 0 Å². The fraction of sp³-hybridized carbons (Fsp3) is 0.317. The van der Waals surface area contributed by atoms with Crippen LogP contribution in [-0.4, -0.2) is 60.0 Å². The molecule has 1 aromatic heterocycles. The molecule has 5 atom stereocenters. The predicted molar refractivity (Wildman–Crippen MR) is 190 cm³/mol. The fourth-order valence-electron chi connectivity index (χ4n) is 8.75. The molecule has 0 amide bonds. The number of H-pyrrole nitrogens is 1. The Hall–Kier alpha value is -4.96. The highest BCUT2D eigenvalue weighted by atomic mass is 16.6. The van der Waals surface area contributed by atoms with Crippen LogP contribution in [0, 0.1) is 0 Å². The summed E-state index contributed by atoms with van der Waals surface area (Å²) in [6.45, 7) is 0.261. The van der Waals surface area contributed by atoms with Crippen molar-refractivity contribution in [2.75, 3.05) is 27.5 Å². The van der Waals surface area contributed by atoms with Crippen LogP contribution in [0.4, 0.5) is 0 Å². The molecule has 0 radical (unpaired) electrons. The summed E-state index contributed by atoms with van der Waals surface area (Å²) in [4.78, 5) is 3.31. The number of phenols is 2. The molecule has 256 valence electrons. The first-order valence-electron chi connectivity index (χ1n) is 17.4. The zero-order valence-electron chi connectivity index (χ0n) is 28.0. The van der Waals surface area contributed by atoms with Crippen LogP contribution in [0.2, 0.25) is 0 Å². The number of methoxy groups -OCH3 is 1. The van der Waals surface area contributed by atoms with E-state index >= 15 is 0 Å². The number of phenolic OH excluding ortho intramolecular Hbond substituents is 2. The number of fused-ring (bicyclic) bond motifs is 8. The number of rotatable bonds is 7. The fourth-order valence-corrected chi connectivity index (χ4v) is 8.75. The van der Waals surface area contributed by atoms with Crippen LogP contribution in [0.15, 0.2) is 66.9 Å². The number of aromatic hydroxyl groups is 2. The van der Waals surface area contributed by atoms with Gasteiger partial charge in [-0.25, -0.2) is 0 Å². The summed E-state index contributed by atoms with van der Waals surface area (Å²) < 4.78 is 25.7. The number of allylic oxidation sites excluding steroid dienone is 1. The molecule has 0 fully saturated rings. The maximum atomic E-state index is 11.2. The molecule has 2 aliphatic carbocycles. The lowest BCUT2D eigenvalue weighted by atomic mass is 9.65. The maximum absolute atomic E-state index is 11.2. The van der Waals surface area contributed by atoms with Gasteiger partial charge in [0.05, 0.1) is 20.4 Å². The van der Waals surface area contributed by atoms with Crippen molar-refractivity contribution in [1.29, 1.82) is 0 Å². The number of aliphatic hydroxyl groups is 1. The molecule has 2 aliphatic heterocycles. The second kappa shape index (κ2) is 12.1. The lowest BCUT2D eigenvalue weighted by Gasteiger charge is -2.43. The second-order valence-corrected chi connectivity index (χ2v) is 13.8. The van der Waals surface area contributed by atoms with Gasteiger partial charge in [-0.3, -0.25) is 5.32 Å². The maximum Gasteiger partial charge on any atom is 0.160 e. The summed E-state index contributed by atoms with van der Waals surface area (Å²) in [7, 11) is 3.39. The molecule has 9 nitrogen and oxygen atoms in total. The molecule has 4 aliphatic rings. The number of hydrogen-bond donors (Lipinski definition) is 5. The third kappa shape index (κ3) is 4.79. The Balaban J connectivity index is 1.25. The minimum Gasteiger partial charge on any atom is -0.507 e. The van der Waals surface area contributed by atoms with E-state index in [0.717, 1.165) is 61.5 Å². The molecular weight excluding hydrogens is 632 g/mol. The third-order valence-electron chi connectivity index (χ3n) is 11.1. The van der Waals surface area contributed by atoms with Crippen molar-refractivity contribution >= 4 is 17.0 Å². The molecule has 0 spiro atoms. The minimum atomic E-state index is -0.471. The molecule has 0 saturated heterocycles. The van der Waals surface area contributed by atoms with E-state index in [1.54, 1.807) is 12.1 Å². The zero-order chi connectivity index (χ0) is 34.1. The van der Waals surface area contributed by atoms with Gasteiger partial charge in [-0.1, -0.05) is 30.4 Å². The molecule has 9 heteroatoms. The monoisotopic (exact) mass is 672 g/mol. The van der Waals surface area contributed by atoms with Gasteiger partial charge in [-0.2, -0.15) is 0 Å². The van der Waals surface area contributed by atoms with E-state index in [9.17, 15) is 15.3 Å². The van der Waals surface area contributed by atoms with Gasteiger partial charge in [0.1, 0.15) is 29.5 Å². The summed E-state index contributed by atoms with van der Waals surface area (Å²) in [5.74, 6) is 2.40. The van der Waals surface area contributed by atoms with Crippen molar-refractivity contribution in [2.45, 2.75) is 55.8 Å². The van der Waals surface area contributed by atoms with Gasteiger partial charge < -0.3 is 39.3 Å². The molecule has 5 aromatic rings. The van der Waals surface area contributed by atoms with Crippen LogP contribution in [0.25, 0.3) is 28.1 Å². The average molecular weight is 673 g/mol. The summed E-state index contributed by atoms with van der Waals surface area (Å²) in [5.41, 5.74) is 10.5. The topological polar surface area (TPSA) is 125 Å². The van der Waals surface area contributed by atoms with E-state index in [0.29, 0.717) is 38.2 Å². The Bertz CT molecular complexity index is 2170. The lowest BCUT2D eigenvalue weighted by molar-refractivity contribution is -0.0436. The Morgan fingerprint density at radius 3 is 2.62 bits per heavy atom. The zero-order valence-corrected chi connectivity index (χ0v) is 28.0. The van der Waals surface area contributed by atoms with Crippen molar-refractivity contribution in [1.82, 2.24) is 10.3 Å². The van der Waals surface area contributed by atoms with E-state index in [4.69, 9.17) is 18.9 Å². The summed E-state index contributed by atoms with van der Waals surface area (Å²) in [5, 5.41) is 36.1. The van der Waals surface area contributed by atoms with Crippen LogP contribution in [0.1, 0.15) is 63.3 Å². The van der Waals surface area contributed by atoms with Gasteiger partial charge >= 0.3 is 0 Å². The molecule has 5 N–H and O–H groups in total. The van der Waals surface area contributed by atoms with E-state index < -0.39 is 6.10 Å². The summed E-state index contributed by atoms with van der Waals surface area (Å²) in [6.07, 6.45) is 7.81. The first-order chi connectivity index (χ1) is 24.5. The number of aliphatic hydroxyl groups excluding tert-OH is 1. The van der Waals surface area contributed by atoms with Crippen molar-refractivity contribution < 1.29 is 34.3 Å². The van der Waals surface area contributed by atoms with Crippen LogP contribution >= 0.6 is 0 Å². The molecule has 3 heterocycles. The van der Waals surface area contributed by atoms with Gasteiger partial charge in [0.25, 0.3) is 0 Å². The van der Waals surface area contributed by atoms with Crippen LogP contribution in [0.3, 0.4) is 0 Å². The number of aromatic amines is 1. The number of ether oxygens (including phenoxy) is 4. The van der Waals surface area contributed by atoms with E-state index in [-0.39, 0.29) is 42.1 Å². The Morgan fingerprint density at radius 1 is 0.920 bits per heavy atom. The SMILES string of the molecule is CNCO[C@@H]1Cc2c3c(c4c(c2O[C@@H]1c1ccc(O)c(OC)c1)CC[C@H](CO)O4)-c1ccc(O)c2c1[C@H](C3)[C@@H](c1ccc3[nH]ccc3c1)C=C2. The van der Waals surface area contributed by atoms with Crippen LogP contribution in [0.5, 0.6) is 28.7 Å². The Labute approximate surface area is 290 Å². The highest BCUT2D eigenvalue weighted by molar-refractivity contribution is 5.89. The summed E-state index contributed by atoms with van der Waals surface area (Å²) >= 11 is 0. The Morgan fingerprint density at radius 2 is 1.78 bits per heavy atom. The van der Waals surface area contributed by atoms with E-state index in [2.05, 4.69) is 46.7 Å². The highest BCUT2D eigenvalue weighted by Crippen LogP contribution is 2.59. The molecule has 0 bridgehead atoms. The predicted octanol–water partition coefficient (Wildman–Crippen LogP) is 6.63. The first kappa shape index (κ1) is 31.1. The van der Waals surface area contributed by atoms with Gasteiger partial charge in [0.2, 0.25) is 0 Å². The first-order valence-corrected chi connectivity index (χ1v) is 17.4. The summed E-state index contributed by atoms with van der Waals surface area (Å²) in [6, 6.07) is 17.8. The molecule has 0 unspecified atom stereocenters. The van der Waals surface area contributed by atoms with Gasteiger partial charge in [-0.05, 0) is 102 Å². The van der Waals surface area contributed by atoms with Gasteiger partial charge in [0, 0.05) is 46.3 Å². The second-order valence-electron chi connectivity index (χ2n) is 13.8. The van der Waals surface area contributed by atoms with E-state index in [1.807, 2.05) is 31.4 Å². The number of hydrogen-bond acceptors (Lipinski definition) is 8. The van der Waals surface area contributed by atoms with Crippen molar-refractivity contribution in [3.8, 4) is 39.9 Å². The van der Waals surface area contributed by atoms with Crippen molar-refractivity contribution in [3.05, 3.63) is 106 Å². The standard InChI is InChI=1S/C41H40N2O7/c1-42-20-48-36-18-31-30-17-29-25(21-3-10-32-22(15-21)13-14-43-32)7-8-26-33(45)12-9-27(37(26)29)38(30)41-28(6-5-24(19-44)49-41)40(31)50-39(36)23-4-11-34(46)35(16-23)47-2/h3-4,7-16,24-25,29,36,39,42-46H,5-6,17-20H2,1-2H3/t24-,25-,29-,36-,39-/m1/s1. The lowest BCUT2D eigenvalue weighted by Crippen LogP contribution is -2.37. The van der Waals surface area contributed by atoms with Gasteiger partial charge in [0.15, 0.2) is 17.6 Å². The number of aromatic nitrogens is 1. The van der Waals surface area contributed by atoms with Crippen molar-refractivity contribution in [2.24, 2.45) is 0 Å². The smallest absolute Gasteiger partial charge is 0.160 e. The molecule has 4 aromatic carbocycles. The molecule has 50 heavy (non-hydrogen) atoms. The van der Waals surface area contributed by atoms with Crippen LogP contribution in [-0.2, 0) is 24.0 Å². The molecule has 9 rings (SSSR count). The molecular formula is C41H40N2O7. The Kier molecular flexibility index (Phi) is 7.53. The van der Waals surface area contributed by atoms with Crippen molar-refractivity contribution in [3.63, 3.8) is 0 Å². The third-order valence-corrected chi connectivity index (χ3v) is 11.1. The number of benzene rings is 4. The average Bonchev–Trinajstić information content (AvgIpc) is 3.63. The largest absolute Gasteiger partial charge is 0.507 e. The highest BCUT2D eigenvalue weighted by Gasteiger charge is 2.44. The quantitative estimate of drug-likeness (QED) is 0.122. The molecule has 0 saturated carbocycles.